The second kappa shape index (κ2) is 13.9. The van der Waals surface area contributed by atoms with Gasteiger partial charge in [0.15, 0.2) is 0 Å². The van der Waals surface area contributed by atoms with E-state index in [4.69, 9.17) is 9.47 Å². The Kier molecular flexibility index (Phi) is 9.95. The molecule has 12 heteroatoms. The van der Waals surface area contributed by atoms with E-state index in [1.807, 2.05) is 30.3 Å². The molecule has 0 spiro atoms. The molecule has 2 N–H and O–H groups in total. The first-order valence-corrected chi connectivity index (χ1v) is 15.5. The zero-order chi connectivity index (χ0) is 33.0. The minimum Gasteiger partial charge on any atom is -0.489 e. The van der Waals surface area contributed by atoms with Crippen LogP contribution in [0.4, 0.5) is 9.18 Å². The second-order valence-electron chi connectivity index (χ2n) is 13.0. The van der Waals surface area contributed by atoms with Crippen molar-refractivity contribution in [2.24, 2.45) is 5.92 Å². The Balaban J connectivity index is 1.50. The maximum atomic E-state index is 14.7. The van der Waals surface area contributed by atoms with Gasteiger partial charge in [0.2, 0.25) is 17.7 Å². The van der Waals surface area contributed by atoms with Crippen LogP contribution in [0.15, 0.2) is 60.7 Å². The van der Waals surface area contributed by atoms with Crippen LogP contribution in [0.5, 0.6) is 5.75 Å². The fourth-order valence-corrected chi connectivity index (χ4v) is 6.01. The molecule has 0 saturated carbocycles. The van der Waals surface area contributed by atoms with Gasteiger partial charge in [0, 0.05) is 45.2 Å². The van der Waals surface area contributed by atoms with E-state index in [-0.39, 0.29) is 63.8 Å². The molecular weight excluding hydrogens is 595 g/mol. The summed E-state index contributed by atoms with van der Waals surface area (Å²) in [6, 6.07) is 10.9. The van der Waals surface area contributed by atoms with Crippen molar-refractivity contribution in [1.29, 1.82) is 0 Å². The molecule has 5 rings (SSSR count). The summed E-state index contributed by atoms with van der Waals surface area (Å²) in [6.45, 7) is 6.23. The molecule has 2 aromatic carbocycles. The Bertz CT molecular complexity index is 1480. The Hall–Kier alpha value is -4.45. The standard InChI is InChI=1S/C34H41FN4O7/c1-34(2,3)46-33(44)39-13-12-38(20-22-9-5-4-6-10-22)32(43)29(39)30(41)27-17-23-15-25(35)19-26(16-23)45-14-8-7-11-37-21-24(18-28(37)40)31(42)36-27/h4-10,15-16,19,24,27,29-30,41H,11-14,17-18,20-21H2,1-3H3,(H,36,42)/t24?,27-,29-,30-/m0/s1. The summed E-state index contributed by atoms with van der Waals surface area (Å²) in [6.07, 6.45) is 0.968. The maximum Gasteiger partial charge on any atom is 0.411 e. The number of fused-ring (bicyclic) bond motifs is 4. The highest BCUT2D eigenvalue weighted by molar-refractivity contribution is 5.90. The summed E-state index contributed by atoms with van der Waals surface area (Å²) in [4.78, 5) is 58.2. The first-order chi connectivity index (χ1) is 21.9. The number of hydrogen-bond acceptors (Lipinski definition) is 7. The van der Waals surface area contributed by atoms with Crippen LogP contribution in [0.3, 0.4) is 0 Å². The average Bonchev–Trinajstić information content (AvgIpc) is 3.36. The van der Waals surface area contributed by atoms with Gasteiger partial charge in [0.25, 0.3) is 0 Å². The molecule has 246 valence electrons. The van der Waals surface area contributed by atoms with Crippen molar-refractivity contribution in [1.82, 2.24) is 20.0 Å². The lowest BCUT2D eigenvalue weighted by molar-refractivity contribution is -0.149. The SMILES string of the molecule is CC(C)(C)OC(=O)N1CCN(Cc2ccccc2)C(=O)[C@@H]1[C@@H](O)[C@@H]1Cc2cc(F)cc(c2)OCC=CCN2CC(CC2=O)C(=O)N1. The van der Waals surface area contributed by atoms with Gasteiger partial charge < -0.3 is 29.7 Å². The first-order valence-electron chi connectivity index (χ1n) is 15.5. The van der Waals surface area contributed by atoms with Gasteiger partial charge in [-0.2, -0.15) is 0 Å². The topological polar surface area (TPSA) is 129 Å². The van der Waals surface area contributed by atoms with Crippen LogP contribution in [0, 0.1) is 11.7 Å². The minimum atomic E-state index is -1.62. The number of rotatable bonds is 4. The van der Waals surface area contributed by atoms with Crippen molar-refractivity contribution in [2.75, 3.05) is 32.8 Å². The van der Waals surface area contributed by atoms with Gasteiger partial charge in [0.05, 0.1) is 12.0 Å². The molecule has 0 radical (unpaired) electrons. The van der Waals surface area contributed by atoms with E-state index in [0.29, 0.717) is 5.56 Å². The third kappa shape index (κ3) is 8.03. The van der Waals surface area contributed by atoms with Crippen LogP contribution in [0.2, 0.25) is 0 Å². The predicted octanol–water partition coefficient (Wildman–Crippen LogP) is 2.66. The highest BCUT2D eigenvalue weighted by Gasteiger charge is 2.47. The number of nitrogens with one attached hydrogen (secondary N) is 1. The van der Waals surface area contributed by atoms with Crippen LogP contribution in [0.1, 0.15) is 38.3 Å². The molecule has 46 heavy (non-hydrogen) atoms. The van der Waals surface area contributed by atoms with Crippen LogP contribution in [-0.2, 0) is 32.1 Å². The van der Waals surface area contributed by atoms with Crippen LogP contribution in [-0.4, -0.2) is 100 Å². The van der Waals surface area contributed by atoms with Crippen molar-refractivity contribution >= 4 is 23.8 Å². The lowest BCUT2D eigenvalue weighted by Crippen LogP contribution is -2.66. The highest BCUT2D eigenvalue weighted by atomic mass is 19.1. The number of nitrogens with zero attached hydrogens (tertiary/aromatic N) is 3. The van der Waals surface area contributed by atoms with Crippen molar-refractivity contribution < 1.29 is 38.1 Å². The van der Waals surface area contributed by atoms with Crippen molar-refractivity contribution in [3.8, 4) is 5.75 Å². The summed E-state index contributed by atoms with van der Waals surface area (Å²) < 4.78 is 26.1. The van der Waals surface area contributed by atoms with E-state index in [2.05, 4.69) is 5.32 Å². The smallest absolute Gasteiger partial charge is 0.411 e. The molecule has 3 heterocycles. The number of hydrogen-bond donors (Lipinski definition) is 2. The summed E-state index contributed by atoms with van der Waals surface area (Å²) in [7, 11) is 0. The Morgan fingerprint density at radius 1 is 1.09 bits per heavy atom. The number of ether oxygens (including phenoxy) is 2. The summed E-state index contributed by atoms with van der Waals surface area (Å²) in [5, 5.41) is 14.9. The Morgan fingerprint density at radius 2 is 1.85 bits per heavy atom. The Labute approximate surface area is 267 Å². The fraction of sp³-hybridized carbons (Fsp3) is 0.471. The zero-order valence-corrected chi connectivity index (χ0v) is 26.4. The summed E-state index contributed by atoms with van der Waals surface area (Å²) in [5.74, 6) is -2.22. The third-order valence-electron chi connectivity index (χ3n) is 8.23. The largest absolute Gasteiger partial charge is 0.489 e. The number of aliphatic hydroxyl groups is 1. The van der Waals surface area contributed by atoms with Crippen molar-refractivity contribution in [2.45, 2.75) is 63.9 Å². The number of aliphatic hydroxyl groups excluding tert-OH is 1. The number of amides is 4. The molecule has 1 unspecified atom stereocenters. The van der Waals surface area contributed by atoms with Gasteiger partial charge in [-0.05, 0) is 56.5 Å². The molecule has 11 nitrogen and oxygen atoms in total. The normalized spacial score (nSPS) is 23.3. The lowest BCUT2D eigenvalue weighted by atomic mass is 9.92. The van der Waals surface area contributed by atoms with Crippen molar-refractivity contribution in [3.63, 3.8) is 0 Å². The molecule has 4 bridgehead atoms. The van der Waals surface area contributed by atoms with Gasteiger partial charge in [-0.15, -0.1) is 0 Å². The van der Waals surface area contributed by atoms with Crippen LogP contribution < -0.4 is 10.1 Å². The fourth-order valence-electron chi connectivity index (χ4n) is 6.01. The van der Waals surface area contributed by atoms with Crippen molar-refractivity contribution in [3.05, 3.63) is 77.6 Å². The molecule has 0 aliphatic carbocycles. The monoisotopic (exact) mass is 636 g/mol. The van der Waals surface area contributed by atoms with Gasteiger partial charge in [-0.1, -0.05) is 36.4 Å². The molecule has 3 aliphatic heterocycles. The number of benzene rings is 2. The number of halogens is 1. The van der Waals surface area contributed by atoms with Crippen LogP contribution in [0.25, 0.3) is 0 Å². The maximum absolute atomic E-state index is 14.7. The Morgan fingerprint density at radius 3 is 2.59 bits per heavy atom. The van der Waals surface area contributed by atoms with E-state index < -0.39 is 53.4 Å². The number of carbonyl (C=O) groups excluding carboxylic acids is 4. The second-order valence-corrected chi connectivity index (χ2v) is 13.0. The number of piperazine rings is 1. The first kappa shape index (κ1) is 32.9. The molecule has 2 aromatic rings. The average molecular weight is 637 g/mol. The molecule has 4 atom stereocenters. The van der Waals surface area contributed by atoms with E-state index in [0.717, 1.165) is 5.56 Å². The van der Waals surface area contributed by atoms with Crippen LogP contribution >= 0.6 is 0 Å². The predicted molar refractivity (Wildman–Crippen MR) is 166 cm³/mol. The van der Waals surface area contributed by atoms with Gasteiger partial charge in [-0.25, -0.2) is 9.18 Å². The molecule has 3 aliphatic rings. The van der Waals surface area contributed by atoms with E-state index in [1.54, 1.807) is 48.8 Å². The molecule has 2 saturated heterocycles. The summed E-state index contributed by atoms with van der Waals surface area (Å²) in [5.41, 5.74) is 0.395. The lowest BCUT2D eigenvalue weighted by Gasteiger charge is -2.44. The zero-order valence-electron chi connectivity index (χ0n) is 26.4. The van der Waals surface area contributed by atoms with E-state index in [1.165, 1.54) is 17.0 Å². The van der Waals surface area contributed by atoms with Gasteiger partial charge in [-0.3, -0.25) is 19.3 Å². The van der Waals surface area contributed by atoms with Gasteiger partial charge >= 0.3 is 6.09 Å². The highest BCUT2D eigenvalue weighted by Crippen LogP contribution is 2.26. The quantitative estimate of drug-likeness (QED) is 0.494. The molecule has 0 aromatic heterocycles. The summed E-state index contributed by atoms with van der Waals surface area (Å²) >= 11 is 0. The molecule has 2 fully saturated rings. The number of carbonyl (C=O) groups is 4. The van der Waals surface area contributed by atoms with E-state index >= 15 is 0 Å². The minimum absolute atomic E-state index is 0.0135. The molecule has 4 amide bonds. The third-order valence-corrected chi connectivity index (χ3v) is 8.23. The van der Waals surface area contributed by atoms with E-state index in [9.17, 15) is 28.7 Å². The molecular formula is C34H41FN4O7. The van der Waals surface area contributed by atoms with Gasteiger partial charge in [0.1, 0.15) is 35.9 Å².